The van der Waals surface area contributed by atoms with Crippen molar-refractivity contribution < 1.29 is 4.79 Å². The highest BCUT2D eigenvalue weighted by atomic mass is 79.9. The zero-order chi connectivity index (χ0) is 11.4. The van der Waals surface area contributed by atoms with Crippen LogP contribution in [0.5, 0.6) is 0 Å². The van der Waals surface area contributed by atoms with Crippen LogP contribution in [0.2, 0.25) is 0 Å². The Morgan fingerprint density at radius 1 is 1.27 bits per heavy atom. The molecule has 0 amide bonds. The summed E-state index contributed by atoms with van der Waals surface area (Å²) < 4.78 is 1.82. The average molecular weight is 334 g/mol. The molecule has 0 atom stereocenters. The number of rotatable bonds is 4. The summed E-state index contributed by atoms with van der Waals surface area (Å²) in [5.41, 5.74) is 0.776. The van der Waals surface area contributed by atoms with Crippen LogP contribution in [-0.2, 0) is 0 Å². The van der Waals surface area contributed by atoms with E-state index in [1.807, 2.05) is 18.2 Å². The maximum atomic E-state index is 12.1. The van der Waals surface area contributed by atoms with Crippen LogP contribution in [0.15, 0.2) is 27.1 Å². The largest absolute Gasteiger partial charge is 0.294 e. The third-order valence-corrected chi connectivity index (χ3v) is 3.74. The monoisotopic (exact) mass is 332 g/mol. The Hall–Kier alpha value is -0.150. The van der Waals surface area contributed by atoms with Crippen molar-refractivity contribution in [3.05, 3.63) is 32.7 Å². The summed E-state index contributed by atoms with van der Waals surface area (Å²) in [5, 5.41) is 0. The van der Waals surface area contributed by atoms with E-state index in [0.29, 0.717) is 0 Å². The van der Waals surface area contributed by atoms with Crippen LogP contribution in [0, 0.1) is 5.92 Å². The maximum Gasteiger partial charge on any atom is 0.167 e. The predicted octanol–water partition coefficient (Wildman–Crippen LogP) is 4.83. The Kier molecular flexibility index (Phi) is 5.00. The molecule has 1 aromatic rings. The molecular weight excluding hydrogens is 320 g/mol. The van der Waals surface area contributed by atoms with Crippen LogP contribution in [0.4, 0.5) is 0 Å². The highest BCUT2D eigenvalue weighted by molar-refractivity contribution is 9.11. The second-order valence-corrected chi connectivity index (χ2v) is 5.27. The lowest BCUT2D eigenvalue weighted by Crippen LogP contribution is -2.13. The minimum atomic E-state index is 0.135. The van der Waals surface area contributed by atoms with E-state index in [9.17, 15) is 4.79 Å². The Morgan fingerprint density at radius 2 is 1.87 bits per heavy atom. The molecule has 0 aliphatic carbocycles. The first-order valence-electron chi connectivity index (χ1n) is 5.09. The molecule has 82 valence electrons. The fourth-order valence-electron chi connectivity index (χ4n) is 1.57. The Balaban J connectivity index is 3.04. The highest BCUT2D eigenvalue weighted by Gasteiger charge is 2.18. The van der Waals surface area contributed by atoms with E-state index in [-0.39, 0.29) is 11.7 Å². The van der Waals surface area contributed by atoms with Crippen molar-refractivity contribution in [3.63, 3.8) is 0 Å². The zero-order valence-corrected chi connectivity index (χ0v) is 12.1. The summed E-state index contributed by atoms with van der Waals surface area (Å²) in [6.45, 7) is 4.11. The van der Waals surface area contributed by atoms with Gasteiger partial charge in [-0.15, -0.1) is 0 Å². The molecule has 0 unspecified atom stereocenters. The van der Waals surface area contributed by atoms with Crippen molar-refractivity contribution >= 4 is 37.6 Å². The summed E-state index contributed by atoms with van der Waals surface area (Å²) in [4.78, 5) is 12.1. The van der Waals surface area contributed by atoms with Gasteiger partial charge in [-0.05, 0) is 31.0 Å². The lowest BCUT2D eigenvalue weighted by atomic mass is 9.93. The summed E-state index contributed by atoms with van der Waals surface area (Å²) in [7, 11) is 0. The van der Waals surface area contributed by atoms with Gasteiger partial charge >= 0.3 is 0 Å². The van der Waals surface area contributed by atoms with E-state index in [1.165, 1.54) is 0 Å². The van der Waals surface area contributed by atoms with Crippen molar-refractivity contribution in [2.75, 3.05) is 0 Å². The molecule has 0 heterocycles. The molecule has 0 bridgehead atoms. The summed E-state index contributed by atoms with van der Waals surface area (Å²) in [5.74, 6) is 0.365. The van der Waals surface area contributed by atoms with Crippen LogP contribution in [0.1, 0.15) is 37.0 Å². The third kappa shape index (κ3) is 3.15. The Morgan fingerprint density at radius 3 is 2.40 bits per heavy atom. The zero-order valence-electron chi connectivity index (χ0n) is 8.89. The molecule has 0 aliphatic heterocycles. The van der Waals surface area contributed by atoms with Gasteiger partial charge in [-0.1, -0.05) is 45.7 Å². The average Bonchev–Trinajstić information content (AvgIpc) is 2.23. The molecule has 0 saturated carbocycles. The van der Waals surface area contributed by atoms with Crippen molar-refractivity contribution in [2.45, 2.75) is 26.7 Å². The van der Waals surface area contributed by atoms with E-state index < -0.39 is 0 Å². The SMILES string of the molecule is CCC(CC)C(=O)c1cc(Br)ccc1Br. The van der Waals surface area contributed by atoms with E-state index >= 15 is 0 Å². The minimum Gasteiger partial charge on any atom is -0.294 e. The molecule has 0 aromatic heterocycles. The number of ketones is 1. The maximum absolute atomic E-state index is 12.1. The standard InChI is InChI=1S/C12H14Br2O/c1-3-8(4-2)12(15)10-7-9(13)5-6-11(10)14/h5-8H,3-4H2,1-2H3. The van der Waals surface area contributed by atoms with E-state index in [4.69, 9.17) is 0 Å². The smallest absolute Gasteiger partial charge is 0.167 e. The van der Waals surface area contributed by atoms with Crippen molar-refractivity contribution in [1.29, 1.82) is 0 Å². The second kappa shape index (κ2) is 5.80. The topological polar surface area (TPSA) is 17.1 Å². The first kappa shape index (κ1) is 12.9. The predicted molar refractivity (Wildman–Crippen MR) is 70.2 cm³/mol. The first-order valence-corrected chi connectivity index (χ1v) is 6.68. The molecule has 0 spiro atoms. The van der Waals surface area contributed by atoms with E-state index in [0.717, 1.165) is 27.4 Å². The van der Waals surface area contributed by atoms with Gasteiger partial charge in [0.1, 0.15) is 0 Å². The highest BCUT2D eigenvalue weighted by Crippen LogP contribution is 2.25. The molecule has 3 heteroatoms. The number of halogens is 2. The van der Waals surface area contributed by atoms with Crippen LogP contribution < -0.4 is 0 Å². The molecule has 1 nitrogen and oxygen atoms in total. The van der Waals surface area contributed by atoms with Crippen molar-refractivity contribution in [1.82, 2.24) is 0 Å². The van der Waals surface area contributed by atoms with Crippen molar-refractivity contribution in [2.24, 2.45) is 5.92 Å². The van der Waals surface area contributed by atoms with Gasteiger partial charge in [-0.25, -0.2) is 0 Å². The lowest BCUT2D eigenvalue weighted by molar-refractivity contribution is 0.0912. The van der Waals surface area contributed by atoms with Gasteiger partial charge in [0, 0.05) is 20.4 Å². The minimum absolute atomic E-state index is 0.135. The fourth-order valence-corrected chi connectivity index (χ4v) is 2.37. The normalized spacial score (nSPS) is 10.7. The van der Waals surface area contributed by atoms with Crippen molar-refractivity contribution in [3.8, 4) is 0 Å². The molecule has 1 rings (SSSR count). The van der Waals surface area contributed by atoms with Gasteiger partial charge in [0.05, 0.1) is 0 Å². The molecule has 0 fully saturated rings. The van der Waals surface area contributed by atoms with Crippen LogP contribution >= 0.6 is 31.9 Å². The summed E-state index contributed by atoms with van der Waals surface area (Å²) in [6, 6.07) is 5.71. The fraction of sp³-hybridized carbons (Fsp3) is 0.417. The van der Waals surface area contributed by atoms with E-state index in [2.05, 4.69) is 45.7 Å². The van der Waals surface area contributed by atoms with Gasteiger partial charge in [-0.3, -0.25) is 4.79 Å². The summed E-state index contributed by atoms with van der Waals surface area (Å²) >= 11 is 6.80. The quantitative estimate of drug-likeness (QED) is 0.721. The molecule has 0 saturated heterocycles. The Labute approximate surface area is 108 Å². The number of Topliss-reactive ketones (excluding diaryl/α,β-unsaturated/α-hetero) is 1. The van der Waals surface area contributed by atoms with Crippen LogP contribution in [0.25, 0.3) is 0 Å². The molecule has 15 heavy (non-hydrogen) atoms. The molecule has 0 radical (unpaired) electrons. The first-order chi connectivity index (χ1) is 7.10. The van der Waals surface area contributed by atoms with Gasteiger partial charge in [0.2, 0.25) is 0 Å². The van der Waals surface area contributed by atoms with Gasteiger partial charge in [0.15, 0.2) is 5.78 Å². The third-order valence-electron chi connectivity index (χ3n) is 2.55. The van der Waals surface area contributed by atoms with Gasteiger partial charge in [-0.2, -0.15) is 0 Å². The van der Waals surface area contributed by atoms with Crippen LogP contribution in [-0.4, -0.2) is 5.78 Å². The number of hydrogen-bond donors (Lipinski definition) is 0. The number of carbonyl (C=O) groups excluding carboxylic acids is 1. The lowest BCUT2D eigenvalue weighted by Gasteiger charge is -2.12. The van der Waals surface area contributed by atoms with Gasteiger partial charge < -0.3 is 0 Å². The van der Waals surface area contributed by atoms with E-state index in [1.54, 1.807) is 0 Å². The molecule has 0 N–H and O–H groups in total. The number of hydrogen-bond acceptors (Lipinski definition) is 1. The Bertz CT molecular complexity index is 357. The molecule has 0 aliphatic rings. The number of carbonyl (C=O) groups is 1. The second-order valence-electron chi connectivity index (χ2n) is 3.50. The molecule has 1 aromatic carbocycles. The summed E-state index contributed by atoms with van der Waals surface area (Å²) in [6.07, 6.45) is 1.79. The van der Waals surface area contributed by atoms with Gasteiger partial charge in [0.25, 0.3) is 0 Å². The van der Waals surface area contributed by atoms with Crippen LogP contribution in [0.3, 0.4) is 0 Å². The number of benzene rings is 1. The molecular formula is C12H14Br2O.